The molecule has 0 spiro atoms. The van der Waals surface area contributed by atoms with E-state index >= 15 is 0 Å². The maximum atomic E-state index is 13.3. The highest BCUT2D eigenvalue weighted by atomic mass is 32.2. The molecular weight excluding hydrogens is 419 g/mol. The minimum absolute atomic E-state index is 0.0558. The summed E-state index contributed by atoms with van der Waals surface area (Å²) in [5, 5.41) is 7.31. The fourth-order valence-corrected chi connectivity index (χ4v) is 4.89. The Balaban J connectivity index is 1.60. The Bertz CT molecular complexity index is 1230. The molecule has 1 heterocycles. The van der Waals surface area contributed by atoms with Crippen LogP contribution >= 0.6 is 0 Å². The summed E-state index contributed by atoms with van der Waals surface area (Å²) in [6, 6.07) is 12.6. The molecule has 1 aliphatic rings. The number of rotatable bonds is 6. The number of amides is 1. The number of halogens is 1. The van der Waals surface area contributed by atoms with E-state index in [1.54, 1.807) is 35.0 Å². The zero-order valence-electron chi connectivity index (χ0n) is 17.3. The number of sulfonamides is 1. The SMILES string of the molecule is CN(C)S(=O)(=O)c1ccccc1CNC(=O)c1nn(-c2ccc(F)cc2)c2c1CCC2. The first-order valence-electron chi connectivity index (χ1n) is 9.94. The van der Waals surface area contributed by atoms with Crippen molar-refractivity contribution in [1.29, 1.82) is 0 Å². The Kier molecular flexibility index (Phi) is 5.63. The molecule has 0 atom stereocenters. The molecule has 1 aromatic heterocycles. The molecule has 9 heteroatoms. The van der Waals surface area contributed by atoms with Crippen molar-refractivity contribution in [3.8, 4) is 5.69 Å². The van der Waals surface area contributed by atoms with Crippen LogP contribution < -0.4 is 5.32 Å². The largest absolute Gasteiger partial charge is 0.347 e. The van der Waals surface area contributed by atoms with Gasteiger partial charge >= 0.3 is 0 Å². The maximum Gasteiger partial charge on any atom is 0.272 e. The van der Waals surface area contributed by atoms with Crippen molar-refractivity contribution in [3.05, 3.63) is 76.9 Å². The second kappa shape index (κ2) is 8.24. The van der Waals surface area contributed by atoms with E-state index in [1.807, 2.05) is 0 Å². The lowest BCUT2D eigenvalue weighted by Crippen LogP contribution is -2.27. The topological polar surface area (TPSA) is 84.3 Å². The molecule has 0 saturated carbocycles. The highest BCUT2D eigenvalue weighted by Gasteiger charge is 2.27. The molecule has 2 aromatic carbocycles. The number of benzene rings is 2. The Morgan fingerprint density at radius 2 is 1.84 bits per heavy atom. The van der Waals surface area contributed by atoms with Gasteiger partial charge < -0.3 is 5.32 Å². The van der Waals surface area contributed by atoms with E-state index in [4.69, 9.17) is 0 Å². The average molecular weight is 443 g/mol. The van der Waals surface area contributed by atoms with Gasteiger partial charge in [-0.2, -0.15) is 5.10 Å². The summed E-state index contributed by atoms with van der Waals surface area (Å²) in [5.74, 6) is -0.701. The van der Waals surface area contributed by atoms with Gasteiger partial charge in [0.1, 0.15) is 5.82 Å². The van der Waals surface area contributed by atoms with Crippen LogP contribution in [-0.4, -0.2) is 42.5 Å². The minimum Gasteiger partial charge on any atom is -0.347 e. The lowest BCUT2D eigenvalue weighted by molar-refractivity contribution is 0.0944. The van der Waals surface area contributed by atoms with Crippen molar-refractivity contribution in [2.45, 2.75) is 30.7 Å². The van der Waals surface area contributed by atoms with E-state index in [2.05, 4.69) is 10.4 Å². The van der Waals surface area contributed by atoms with E-state index in [0.717, 1.165) is 34.8 Å². The molecule has 0 saturated heterocycles. The van der Waals surface area contributed by atoms with Crippen LogP contribution in [0.15, 0.2) is 53.4 Å². The van der Waals surface area contributed by atoms with Gasteiger partial charge in [0, 0.05) is 31.9 Å². The maximum absolute atomic E-state index is 13.3. The Labute approximate surface area is 180 Å². The summed E-state index contributed by atoms with van der Waals surface area (Å²) in [4.78, 5) is 13.1. The smallest absolute Gasteiger partial charge is 0.272 e. The molecule has 0 bridgehead atoms. The number of nitrogens with zero attached hydrogens (tertiary/aromatic N) is 3. The number of carbonyl (C=O) groups excluding carboxylic acids is 1. The quantitative estimate of drug-likeness (QED) is 0.636. The molecule has 0 radical (unpaired) electrons. The van der Waals surface area contributed by atoms with E-state index in [-0.39, 0.29) is 23.2 Å². The van der Waals surface area contributed by atoms with Gasteiger partial charge in [-0.1, -0.05) is 18.2 Å². The van der Waals surface area contributed by atoms with Crippen molar-refractivity contribution < 1.29 is 17.6 Å². The van der Waals surface area contributed by atoms with E-state index in [1.165, 1.54) is 32.3 Å². The average Bonchev–Trinajstić information content (AvgIpc) is 3.36. The third-order valence-electron chi connectivity index (χ3n) is 5.39. The van der Waals surface area contributed by atoms with E-state index in [0.29, 0.717) is 16.9 Å². The van der Waals surface area contributed by atoms with Crippen LogP contribution in [-0.2, 0) is 29.4 Å². The number of carbonyl (C=O) groups is 1. The van der Waals surface area contributed by atoms with Crippen LogP contribution in [0.4, 0.5) is 4.39 Å². The van der Waals surface area contributed by atoms with Gasteiger partial charge in [-0.3, -0.25) is 4.79 Å². The van der Waals surface area contributed by atoms with Gasteiger partial charge in [-0.15, -0.1) is 0 Å². The first-order chi connectivity index (χ1) is 14.8. The molecule has 31 heavy (non-hydrogen) atoms. The first-order valence-corrected chi connectivity index (χ1v) is 11.4. The van der Waals surface area contributed by atoms with Gasteiger partial charge in [0.05, 0.1) is 10.6 Å². The van der Waals surface area contributed by atoms with Gasteiger partial charge in [-0.05, 0) is 55.2 Å². The third-order valence-corrected chi connectivity index (χ3v) is 7.30. The molecular formula is C22H23FN4O3S. The van der Waals surface area contributed by atoms with Crippen molar-refractivity contribution in [2.24, 2.45) is 0 Å². The lowest BCUT2D eigenvalue weighted by atomic mass is 10.2. The Morgan fingerprint density at radius 1 is 1.13 bits per heavy atom. The Morgan fingerprint density at radius 3 is 2.55 bits per heavy atom. The number of hydrogen-bond donors (Lipinski definition) is 1. The second-order valence-corrected chi connectivity index (χ2v) is 9.71. The number of aromatic nitrogens is 2. The predicted octanol–water partition coefficient (Wildman–Crippen LogP) is 2.68. The van der Waals surface area contributed by atoms with Crippen LogP contribution in [0, 0.1) is 5.82 Å². The summed E-state index contributed by atoms with van der Waals surface area (Å²) in [5.41, 5.74) is 3.35. The number of nitrogens with one attached hydrogen (secondary N) is 1. The lowest BCUT2D eigenvalue weighted by Gasteiger charge is -2.15. The molecule has 7 nitrogen and oxygen atoms in total. The van der Waals surface area contributed by atoms with Crippen LogP contribution in [0.1, 0.15) is 33.7 Å². The highest BCUT2D eigenvalue weighted by molar-refractivity contribution is 7.89. The highest BCUT2D eigenvalue weighted by Crippen LogP contribution is 2.28. The molecule has 1 aliphatic carbocycles. The molecule has 162 valence electrons. The van der Waals surface area contributed by atoms with Crippen LogP contribution in [0.3, 0.4) is 0 Å². The van der Waals surface area contributed by atoms with E-state index in [9.17, 15) is 17.6 Å². The van der Waals surface area contributed by atoms with Crippen LogP contribution in [0.5, 0.6) is 0 Å². The zero-order chi connectivity index (χ0) is 22.2. The summed E-state index contributed by atoms with van der Waals surface area (Å²) >= 11 is 0. The van der Waals surface area contributed by atoms with Gasteiger partial charge in [-0.25, -0.2) is 21.8 Å². The molecule has 3 aromatic rings. The normalized spacial score (nSPS) is 13.4. The number of fused-ring (bicyclic) bond motifs is 1. The monoisotopic (exact) mass is 442 g/mol. The number of hydrogen-bond acceptors (Lipinski definition) is 4. The van der Waals surface area contributed by atoms with Crippen LogP contribution in [0.2, 0.25) is 0 Å². The van der Waals surface area contributed by atoms with Gasteiger partial charge in [0.15, 0.2) is 5.69 Å². The molecule has 1 N–H and O–H groups in total. The summed E-state index contributed by atoms with van der Waals surface area (Å²) in [6.45, 7) is 0.0558. The summed E-state index contributed by atoms with van der Waals surface area (Å²) in [7, 11) is -0.697. The van der Waals surface area contributed by atoms with Crippen molar-refractivity contribution >= 4 is 15.9 Å². The fourth-order valence-electron chi connectivity index (χ4n) is 3.77. The van der Waals surface area contributed by atoms with Crippen molar-refractivity contribution in [1.82, 2.24) is 19.4 Å². The third kappa shape index (κ3) is 3.98. The molecule has 0 aliphatic heterocycles. The molecule has 4 rings (SSSR count). The van der Waals surface area contributed by atoms with Crippen LogP contribution in [0.25, 0.3) is 5.69 Å². The molecule has 1 amide bonds. The summed E-state index contributed by atoms with van der Waals surface area (Å²) < 4.78 is 41.3. The minimum atomic E-state index is -3.63. The Hall–Kier alpha value is -3.04. The van der Waals surface area contributed by atoms with Crippen molar-refractivity contribution in [2.75, 3.05) is 14.1 Å². The second-order valence-electron chi connectivity index (χ2n) is 7.59. The van der Waals surface area contributed by atoms with Gasteiger partial charge in [0.25, 0.3) is 5.91 Å². The van der Waals surface area contributed by atoms with Gasteiger partial charge in [0.2, 0.25) is 10.0 Å². The first kappa shape index (κ1) is 21.2. The van der Waals surface area contributed by atoms with Crippen molar-refractivity contribution in [3.63, 3.8) is 0 Å². The predicted molar refractivity (Wildman–Crippen MR) is 114 cm³/mol. The molecule has 0 fully saturated rings. The zero-order valence-corrected chi connectivity index (χ0v) is 18.1. The molecule has 0 unspecified atom stereocenters. The van der Waals surface area contributed by atoms with E-state index < -0.39 is 10.0 Å². The fraction of sp³-hybridized carbons (Fsp3) is 0.273. The standard InChI is InChI=1S/C22H23FN4O3S/c1-26(2)31(29,30)20-9-4-3-6-15(20)14-24-22(28)21-18-7-5-8-19(18)27(25-21)17-12-10-16(23)11-13-17/h3-4,6,9-13H,5,7-8,14H2,1-2H3,(H,24,28). The summed E-state index contributed by atoms with van der Waals surface area (Å²) in [6.07, 6.45) is 2.44.